The summed E-state index contributed by atoms with van der Waals surface area (Å²) in [5, 5.41) is 12.6. The maximum absolute atomic E-state index is 13.3. The lowest BCUT2D eigenvalue weighted by atomic mass is 10.0. The number of nitrogens with zero attached hydrogens (tertiary/aromatic N) is 2. The van der Waals surface area contributed by atoms with Crippen LogP contribution >= 0.6 is 0 Å². The van der Waals surface area contributed by atoms with Crippen molar-refractivity contribution in [2.24, 2.45) is 5.92 Å². The molecular weight excluding hydrogens is 414 g/mol. The van der Waals surface area contributed by atoms with Gasteiger partial charge in [0.1, 0.15) is 17.4 Å². The summed E-state index contributed by atoms with van der Waals surface area (Å²) in [4.78, 5) is 28.1. The molecule has 164 valence electrons. The lowest BCUT2D eigenvalue weighted by molar-refractivity contribution is -0.114. The summed E-state index contributed by atoms with van der Waals surface area (Å²) in [5.74, 6) is 0.264. The minimum Gasteiger partial charge on any atom is -0.455 e. The van der Waals surface area contributed by atoms with Crippen molar-refractivity contribution in [1.29, 1.82) is 5.26 Å². The number of hydrogen-bond acceptors (Lipinski definition) is 4. The maximum atomic E-state index is 13.3. The number of fused-ring (bicyclic) bond motifs is 1. The summed E-state index contributed by atoms with van der Waals surface area (Å²) in [6, 6.07) is 25.3. The van der Waals surface area contributed by atoms with Crippen LogP contribution in [0.1, 0.15) is 19.4 Å². The first-order valence-electron chi connectivity index (χ1n) is 10.7. The topological polar surface area (TPSA) is 82.4 Å². The highest BCUT2D eigenvalue weighted by atomic mass is 16.5. The molecule has 1 aliphatic heterocycles. The zero-order valence-electron chi connectivity index (χ0n) is 18.4. The van der Waals surface area contributed by atoms with Gasteiger partial charge in [-0.05, 0) is 36.2 Å². The van der Waals surface area contributed by atoms with E-state index in [0.717, 1.165) is 0 Å². The molecular formula is C27H23N3O3. The molecule has 1 heterocycles. The average molecular weight is 437 g/mol. The molecule has 0 unspecified atom stereocenters. The minimum atomic E-state index is -0.661. The number of nitriles is 1. The third-order valence-electron chi connectivity index (χ3n) is 5.17. The molecule has 2 amide bonds. The van der Waals surface area contributed by atoms with E-state index in [-0.39, 0.29) is 23.0 Å². The predicted molar refractivity (Wildman–Crippen MR) is 128 cm³/mol. The highest BCUT2D eigenvalue weighted by Crippen LogP contribution is 2.39. The van der Waals surface area contributed by atoms with Crippen molar-refractivity contribution in [3.05, 3.63) is 90.0 Å². The Morgan fingerprint density at radius 3 is 2.39 bits per heavy atom. The Balaban J connectivity index is 1.69. The van der Waals surface area contributed by atoms with Crippen LogP contribution in [-0.2, 0) is 9.59 Å². The smallest absolute Gasteiger partial charge is 0.267 e. The second-order valence-electron chi connectivity index (χ2n) is 8.05. The first kappa shape index (κ1) is 21.8. The van der Waals surface area contributed by atoms with Gasteiger partial charge in [-0.25, -0.2) is 0 Å². The Labute approximate surface area is 192 Å². The molecule has 0 bridgehead atoms. The maximum Gasteiger partial charge on any atom is 0.267 e. The molecule has 0 fully saturated rings. The monoisotopic (exact) mass is 437 g/mol. The number of rotatable bonds is 6. The van der Waals surface area contributed by atoms with Crippen LogP contribution in [0.3, 0.4) is 0 Å². The van der Waals surface area contributed by atoms with Crippen LogP contribution in [0, 0.1) is 17.2 Å². The van der Waals surface area contributed by atoms with Gasteiger partial charge >= 0.3 is 0 Å². The zero-order valence-corrected chi connectivity index (χ0v) is 18.4. The first-order chi connectivity index (χ1) is 16.0. The van der Waals surface area contributed by atoms with Gasteiger partial charge in [0.05, 0.1) is 16.9 Å². The summed E-state index contributed by atoms with van der Waals surface area (Å²) >= 11 is 0. The number of carbonyl (C=O) groups excluding carboxylic acids is 2. The highest BCUT2D eigenvalue weighted by molar-refractivity contribution is 6.37. The molecule has 33 heavy (non-hydrogen) atoms. The van der Waals surface area contributed by atoms with E-state index < -0.39 is 5.91 Å². The molecule has 3 aromatic rings. The van der Waals surface area contributed by atoms with E-state index >= 15 is 0 Å². The molecule has 0 saturated carbocycles. The number of nitrogens with one attached hydrogen (secondary N) is 1. The van der Waals surface area contributed by atoms with E-state index in [2.05, 4.69) is 5.32 Å². The minimum absolute atomic E-state index is 0.118. The van der Waals surface area contributed by atoms with Crippen molar-refractivity contribution < 1.29 is 14.3 Å². The van der Waals surface area contributed by atoms with Crippen molar-refractivity contribution >= 4 is 28.8 Å². The highest BCUT2D eigenvalue weighted by Gasteiger charge is 2.36. The van der Waals surface area contributed by atoms with E-state index in [4.69, 9.17) is 4.74 Å². The quantitative estimate of drug-likeness (QED) is 0.414. The molecule has 0 aliphatic carbocycles. The predicted octanol–water partition coefficient (Wildman–Crippen LogP) is 5.40. The van der Waals surface area contributed by atoms with E-state index in [9.17, 15) is 14.9 Å². The Kier molecular flexibility index (Phi) is 6.23. The number of hydrogen-bond donors (Lipinski definition) is 1. The third kappa shape index (κ3) is 4.48. The van der Waals surface area contributed by atoms with Gasteiger partial charge in [-0.3, -0.25) is 9.59 Å². The van der Waals surface area contributed by atoms with Gasteiger partial charge in [-0.15, -0.1) is 0 Å². The fourth-order valence-electron chi connectivity index (χ4n) is 3.75. The standard InChI is InChI=1S/C27H23N3O3/c1-18(2)17-30-23-14-8-6-12-20(23)25(27(30)32)21(16-28)26(31)29-22-13-7-9-15-24(22)33-19-10-4-3-5-11-19/h3-15,18H,17H2,1-2H3,(H,29,31)/b25-21+. The van der Waals surface area contributed by atoms with Crippen molar-refractivity contribution in [3.63, 3.8) is 0 Å². The number of para-hydroxylation sites is 4. The van der Waals surface area contributed by atoms with Crippen LogP contribution in [0.4, 0.5) is 11.4 Å². The van der Waals surface area contributed by atoms with Crippen LogP contribution in [0.15, 0.2) is 84.4 Å². The van der Waals surface area contributed by atoms with Crippen LogP contribution in [0.2, 0.25) is 0 Å². The molecule has 0 radical (unpaired) electrons. The van der Waals surface area contributed by atoms with Gasteiger partial charge < -0.3 is 15.0 Å². The molecule has 6 heteroatoms. The van der Waals surface area contributed by atoms with Crippen molar-refractivity contribution in [1.82, 2.24) is 0 Å². The van der Waals surface area contributed by atoms with Crippen molar-refractivity contribution in [2.75, 3.05) is 16.8 Å². The van der Waals surface area contributed by atoms with Gasteiger partial charge in [0.25, 0.3) is 11.8 Å². The van der Waals surface area contributed by atoms with Crippen LogP contribution in [-0.4, -0.2) is 18.4 Å². The van der Waals surface area contributed by atoms with Crippen LogP contribution < -0.4 is 15.0 Å². The normalized spacial score (nSPS) is 14.0. The van der Waals surface area contributed by atoms with E-state index in [1.807, 2.05) is 50.2 Å². The van der Waals surface area contributed by atoms with Crippen LogP contribution in [0.5, 0.6) is 11.5 Å². The molecule has 6 nitrogen and oxygen atoms in total. The number of amides is 2. The molecule has 1 aliphatic rings. The largest absolute Gasteiger partial charge is 0.455 e. The van der Waals surface area contributed by atoms with Crippen LogP contribution in [0.25, 0.3) is 5.57 Å². The fraction of sp³-hybridized carbons (Fsp3) is 0.148. The third-order valence-corrected chi connectivity index (χ3v) is 5.17. The Morgan fingerprint density at radius 2 is 1.67 bits per heavy atom. The molecule has 0 atom stereocenters. The number of anilines is 2. The molecule has 1 N–H and O–H groups in total. The second-order valence-corrected chi connectivity index (χ2v) is 8.05. The summed E-state index contributed by atoms with van der Waals surface area (Å²) in [5.41, 5.74) is 1.58. The molecule has 4 rings (SSSR count). The van der Waals surface area contributed by atoms with E-state index in [1.165, 1.54) is 0 Å². The first-order valence-corrected chi connectivity index (χ1v) is 10.7. The Morgan fingerprint density at radius 1 is 1.00 bits per heavy atom. The Hall–Kier alpha value is -4.37. The van der Waals surface area contributed by atoms with Gasteiger partial charge in [0.15, 0.2) is 5.75 Å². The number of benzene rings is 3. The zero-order chi connectivity index (χ0) is 23.4. The van der Waals surface area contributed by atoms with Gasteiger partial charge in [0.2, 0.25) is 0 Å². The summed E-state index contributed by atoms with van der Waals surface area (Å²) in [6.07, 6.45) is 0. The SMILES string of the molecule is CC(C)CN1C(=O)/C(=C(\C#N)C(=O)Nc2ccccc2Oc2ccccc2)c2ccccc21. The molecule has 3 aromatic carbocycles. The van der Waals surface area contributed by atoms with Gasteiger partial charge in [0, 0.05) is 12.1 Å². The summed E-state index contributed by atoms with van der Waals surface area (Å²) in [6.45, 7) is 4.52. The summed E-state index contributed by atoms with van der Waals surface area (Å²) in [7, 11) is 0. The van der Waals surface area contributed by atoms with E-state index in [1.54, 1.807) is 53.4 Å². The lowest BCUT2D eigenvalue weighted by Crippen LogP contribution is -2.31. The fourth-order valence-corrected chi connectivity index (χ4v) is 3.75. The molecule has 0 saturated heterocycles. The van der Waals surface area contributed by atoms with E-state index in [0.29, 0.717) is 35.0 Å². The number of ether oxygens (including phenoxy) is 1. The lowest BCUT2D eigenvalue weighted by Gasteiger charge is -2.19. The van der Waals surface area contributed by atoms with Gasteiger partial charge in [-0.1, -0.05) is 62.4 Å². The van der Waals surface area contributed by atoms with Gasteiger partial charge in [-0.2, -0.15) is 5.26 Å². The second kappa shape index (κ2) is 9.41. The van der Waals surface area contributed by atoms with Crippen molar-refractivity contribution in [2.45, 2.75) is 13.8 Å². The number of carbonyl (C=O) groups is 2. The summed E-state index contributed by atoms with van der Waals surface area (Å²) < 4.78 is 5.90. The molecule has 0 spiro atoms. The molecule has 0 aromatic heterocycles. The average Bonchev–Trinajstić information content (AvgIpc) is 3.08. The Bertz CT molecular complexity index is 1270. The van der Waals surface area contributed by atoms with Crippen molar-refractivity contribution in [3.8, 4) is 17.6 Å².